The first kappa shape index (κ1) is 19.1. The molecule has 0 spiro atoms. The van der Waals surface area contributed by atoms with Crippen LogP contribution >= 0.6 is 11.6 Å². The Morgan fingerprint density at radius 2 is 1.87 bits per heavy atom. The quantitative estimate of drug-likeness (QED) is 0.848. The molecule has 0 aliphatic heterocycles. The predicted octanol–water partition coefficient (Wildman–Crippen LogP) is 3.34. The van der Waals surface area contributed by atoms with Crippen molar-refractivity contribution >= 4 is 24.0 Å². The van der Waals surface area contributed by atoms with Gasteiger partial charge in [0.15, 0.2) is 11.5 Å². The third kappa shape index (κ3) is 4.07. The van der Waals surface area contributed by atoms with Crippen LogP contribution < -0.4 is 4.74 Å². The molecule has 23 heavy (non-hydrogen) atoms. The zero-order valence-corrected chi connectivity index (χ0v) is 14.9. The highest BCUT2D eigenvalue weighted by atomic mass is 35.5. The molecule has 1 aromatic rings. The number of ether oxygens (including phenoxy) is 2. The number of phenols is 1. The summed E-state index contributed by atoms with van der Waals surface area (Å²) in [5, 5.41) is 10.6. The fourth-order valence-corrected chi connectivity index (χ4v) is 2.17. The van der Waals surface area contributed by atoms with Crippen molar-refractivity contribution in [3.05, 3.63) is 22.7 Å². The summed E-state index contributed by atoms with van der Waals surface area (Å²) in [6.07, 6.45) is -0.160. The molecular weight excluding hydrogens is 322 g/mol. The van der Waals surface area contributed by atoms with Crippen LogP contribution in [0.15, 0.2) is 12.1 Å². The second-order valence-electron chi connectivity index (χ2n) is 6.31. The smallest absolute Gasteiger partial charge is 0.411 e. The Bertz CT molecular complexity index is 611. The molecule has 128 valence electrons. The summed E-state index contributed by atoms with van der Waals surface area (Å²) < 4.78 is 10.3. The van der Waals surface area contributed by atoms with Gasteiger partial charge >= 0.3 is 6.09 Å². The highest BCUT2D eigenvalue weighted by Gasteiger charge is 2.39. The lowest BCUT2D eigenvalue weighted by molar-refractivity contribution is -0.117. The molecule has 0 aliphatic carbocycles. The molecule has 1 unspecified atom stereocenters. The highest BCUT2D eigenvalue weighted by Crippen LogP contribution is 2.41. The number of phenolic OH excluding ortho intramolecular Hbond substituents is 1. The molecule has 1 atom stereocenters. The monoisotopic (exact) mass is 343 g/mol. The van der Waals surface area contributed by atoms with Crippen molar-refractivity contribution in [2.75, 3.05) is 14.2 Å². The molecule has 6 nitrogen and oxygen atoms in total. The zero-order valence-electron chi connectivity index (χ0n) is 14.1. The fourth-order valence-electron chi connectivity index (χ4n) is 1.96. The lowest BCUT2D eigenvalue weighted by atomic mass is 9.91. The van der Waals surface area contributed by atoms with Gasteiger partial charge in [0.25, 0.3) is 0 Å². The van der Waals surface area contributed by atoms with Gasteiger partial charge in [0.2, 0.25) is 0 Å². The second-order valence-corrected chi connectivity index (χ2v) is 6.75. The fraction of sp³-hybridized carbons (Fsp3) is 0.500. The first-order chi connectivity index (χ1) is 10.5. The van der Waals surface area contributed by atoms with Crippen LogP contribution in [0.4, 0.5) is 4.79 Å². The molecule has 0 aliphatic rings. The van der Waals surface area contributed by atoms with Gasteiger partial charge in [0.1, 0.15) is 17.4 Å². The number of amides is 1. The van der Waals surface area contributed by atoms with Crippen molar-refractivity contribution in [1.82, 2.24) is 4.90 Å². The van der Waals surface area contributed by atoms with Crippen molar-refractivity contribution in [3.63, 3.8) is 0 Å². The molecule has 1 N–H and O–H groups in total. The van der Waals surface area contributed by atoms with Gasteiger partial charge in [-0.1, -0.05) is 11.6 Å². The molecular formula is C16H22ClNO5. The van der Waals surface area contributed by atoms with E-state index in [-0.39, 0.29) is 22.1 Å². The molecule has 1 rings (SSSR count). The van der Waals surface area contributed by atoms with Crippen molar-refractivity contribution in [2.45, 2.75) is 38.8 Å². The van der Waals surface area contributed by atoms with Crippen LogP contribution in [-0.2, 0) is 15.1 Å². The van der Waals surface area contributed by atoms with E-state index in [9.17, 15) is 14.7 Å². The van der Waals surface area contributed by atoms with E-state index in [1.165, 1.54) is 33.2 Å². The first-order valence-corrected chi connectivity index (χ1v) is 7.34. The van der Waals surface area contributed by atoms with Gasteiger partial charge in [-0.05, 0) is 33.8 Å². The minimum Gasteiger partial charge on any atom is -0.504 e. The molecule has 7 heteroatoms. The molecule has 0 heterocycles. The van der Waals surface area contributed by atoms with Crippen LogP contribution in [-0.4, -0.2) is 42.1 Å². The van der Waals surface area contributed by atoms with E-state index >= 15 is 0 Å². The van der Waals surface area contributed by atoms with Crippen LogP contribution in [0.5, 0.6) is 11.5 Å². The molecule has 0 fully saturated rings. The summed E-state index contributed by atoms with van der Waals surface area (Å²) in [6.45, 7) is 6.64. The average Bonchev–Trinajstić information content (AvgIpc) is 2.45. The SMILES string of the molecule is COc1cc(Cl)cc(C(C)(C=O)N(C)C(=O)OC(C)(C)C)c1O. The summed E-state index contributed by atoms with van der Waals surface area (Å²) in [4.78, 5) is 25.2. The van der Waals surface area contributed by atoms with Crippen LogP contribution in [0.3, 0.4) is 0 Å². The third-order valence-electron chi connectivity index (χ3n) is 3.40. The van der Waals surface area contributed by atoms with E-state index < -0.39 is 17.2 Å². The van der Waals surface area contributed by atoms with E-state index in [0.717, 1.165) is 4.90 Å². The van der Waals surface area contributed by atoms with Gasteiger partial charge in [0.05, 0.1) is 7.11 Å². The maximum Gasteiger partial charge on any atom is 0.411 e. The molecule has 0 radical (unpaired) electrons. The standard InChI is InChI=1S/C16H22ClNO5/c1-15(2,3)23-14(21)18(5)16(4,9-19)11-7-10(17)8-12(22-6)13(11)20/h7-9,20H,1-6H3. The number of likely N-dealkylation sites (N-methyl/N-ethyl adjacent to an activating group) is 1. The lowest BCUT2D eigenvalue weighted by Gasteiger charge is -2.36. The van der Waals surface area contributed by atoms with Gasteiger partial charge in [-0.3, -0.25) is 4.90 Å². The minimum absolute atomic E-state index is 0.109. The van der Waals surface area contributed by atoms with Gasteiger partial charge in [-0.15, -0.1) is 0 Å². The van der Waals surface area contributed by atoms with Gasteiger partial charge in [0, 0.05) is 23.7 Å². The Labute approximate surface area is 140 Å². The number of aldehydes is 1. The predicted molar refractivity (Wildman–Crippen MR) is 87.1 cm³/mol. The Morgan fingerprint density at radius 1 is 1.30 bits per heavy atom. The maximum atomic E-state index is 12.3. The van der Waals surface area contributed by atoms with Gasteiger partial charge in [-0.2, -0.15) is 0 Å². The molecule has 0 bridgehead atoms. The number of hydrogen-bond acceptors (Lipinski definition) is 5. The molecule has 0 saturated heterocycles. The number of benzene rings is 1. The number of methoxy groups -OCH3 is 1. The number of carbonyl (C=O) groups is 2. The van der Waals surface area contributed by atoms with E-state index in [0.29, 0.717) is 6.29 Å². The molecule has 0 saturated carbocycles. The maximum absolute atomic E-state index is 12.3. The number of aromatic hydroxyl groups is 1. The zero-order chi connectivity index (χ0) is 18.0. The number of halogens is 1. The second kappa shape index (κ2) is 6.66. The van der Waals surface area contributed by atoms with E-state index in [1.54, 1.807) is 20.8 Å². The largest absolute Gasteiger partial charge is 0.504 e. The van der Waals surface area contributed by atoms with Crippen molar-refractivity contribution in [2.24, 2.45) is 0 Å². The van der Waals surface area contributed by atoms with Crippen LogP contribution in [0.2, 0.25) is 5.02 Å². The number of hydrogen-bond donors (Lipinski definition) is 1. The van der Waals surface area contributed by atoms with E-state index in [1.807, 2.05) is 0 Å². The average molecular weight is 344 g/mol. The topological polar surface area (TPSA) is 76.1 Å². The summed E-state index contributed by atoms with van der Waals surface area (Å²) in [5.41, 5.74) is -2.06. The van der Waals surface area contributed by atoms with Gasteiger partial charge < -0.3 is 19.4 Å². The normalized spacial score (nSPS) is 13.9. The first-order valence-electron chi connectivity index (χ1n) is 6.96. The molecule has 1 aromatic carbocycles. The minimum atomic E-state index is -1.48. The summed E-state index contributed by atoms with van der Waals surface area (Å²) in [5.74, 6) is -0.153. The van der Waals surface area contributed by atoms with Crippen LogP contribution in [0, 0.1) is 0 Å². The molecule has 0 aromatic heterocycles. The number of carbonyl (C=O) groups excluding carboxylic acids is 2. The van der Waals surface area contributed by atoms with E-state index in [2.05, 4.69) is 0 Å². The van der Waals surface area contributed by atoms with Crippen LogP contribution in [0.25, 0.3) is 0 Å². The van der Waals surface area contributed by atoms with Crippen LogP contribution in [0.1, 0.15) is 33.3 Å². The Balaban J connectivity index is 3.37. The Kier molecular flexibility index (Phi) is 5.53. The summed E-state index contributed by atoms with van der Waals surface area (Å²) >= 11 is 6.01. The number of nitrogens with zero attached hydrogens (tertiary/aromatic N) is 1. The third-order valence-corrected chi connectivity index (χ3v) is 3.62. The summed E-state index contributed by atoms with van der Waals surface area (Å²) in [6, 6.07) is 2.83. The highest BCUT2D eigenvalue weighted by molar-refractivity contribution is 6.30. The summed E-state index contributed by atoms with van der Waals surface area (Å²) in [7, 11) is 2.78. The van der Waals surface area contributed by atoms with Crippen molar-refractivity contribution < 1.29 is 24.2 Å². The van der Waals surface area contributed by atoms with Gasteiger partial charge in [-0.25, -0.2) is 4.79 Å². The lowest BCUT2D eigenvalue weighted by Crippen LogP contribution is -2.48. The van der Waals surface area contributed by atoms with E-state index in [4.69, 9.17) is 21.1 Å². The Hall–Kier alpha value is -1.95. The van der Waals surface area contributed by atoms with Crippen molar-refractivity contribution in [1.29, 1.82) is 0 Å². The molecule has 1 amide bonds. The number of rotatable bonds is 4. The Morgan fingerprint density at radius 3 is 2.30 bits per heavy atom. The van der Waals surface area contributed by atoms with Crippen molar-refractivity contribution in [3.8, 4) is 11.5 Å².